The number of thiocarbonyl (C=S) groups is 2. The van der Waals surface area contributed by atoms with Crippen LogP contribution in [0, 0.1) is 0 Å². The van der Waals surface area contributed by atoms with Gasteiger partial charge in [0.05, 0.1) is 25.1 Å². The molecule has 0 aromatic rings. The van der Waals surface area contributed by atoms with Crippen LogP contribution in [0.5, 0.6) is 0 Å². The molecule has 0 bridgehead atoms. The lowest BCUT2D eigenvalue weighted by atomic mass is 10.3. The Labute approximate surface area is 179 Å². The predicted molar refractivity (Wildman–Crippen MR) is 126 cm³/mol. The Hall–Kier alpha value is 0.400. The van der Waals surface area contributed by atoms with Gasteiger partial charge in [-0.15, -0.1) is 0 Å². The van der Waals surface area contributed by atoms with Crippen molar-refractivity contribution in [3.63, 3.8) is 0 Å². The first-order valence-corrected chi connectivity index (χ1v) is 12.7. The molecule has 2 rings (SSSR count). The van der Waals surface area contributed by atoms with E-state index in [0.717, 1.165) is 46.8 Å². The Balaban J connectivity index is 1.66. The van der Waals surface area contributed by atoms with Crippen molar-refractivity contribution in [3.05, 3.63) is 0 Å². The number of nitrogens with zero attached hydrogens (tertiary/aromatic N) is 4. The monoisotopic (exact) mass is 434 g/mol. The lowest BCUT2D eigenvalue weighted by molar-refractivity contribution is 0.196. The van der Waals surface area contributed by atoms with Crippen molar-refractivity contribution in [2.45, 2.75) is 52.4 Å². The molecule has 2 saturated heterocycles. The highest BCUT2D eigenvalue weighted by atomic mass is 32.2. The molecule has 2 heterocycles. The number of unbranched alkanes of at least 4 members (excludes halogenated alkanes) is 3. The summed E-state index contributed by atoms with van der Waals surface area (Å²) in [6, 6.07) is 0. The summed E-state index contributed by atoms with van der Waals surface area (Å²) < 4.78 is 2.15. The van der Waals surface area contributed by atoms with Crippen LogP contribution in [0.2, 0.25) is 0 Å². The highest BCUT2D eigenvalue weighted by molar-refractivity contribution is 8.23. The van der Waals surface area contributed by atoms with Gasteiger partial charge >= 0.3 is 0 Å². The molecule has 0 aromatic heterocycles. The summed E-state index contributed by atoms with van der Waals surface area (Å²) in [6.07, 6.45) is 7.44. The van der Waals surface area contributed by atoms with E-state index in [0.29, 0.717) is 0 Å². The molecule has 2 fully saturated rings. The van der Waals surface area contributed by atoms with E-state index >= 15 is 0 Å². The third kappa shape index (κ3) is 7.80. The maximum atomic E-state index is 5.56. The second kappa shape index (κ2) is 12.8. The van der Waals surface area contributed by atoms with Crippen molar-refractivity contribution < 1.29 is 0 Å². The maximum Gasteiger partial charge on any atom is 0.138 e. The molecule has 0 aliphatic carbocycles. The summed E-state index contributed by atoms with van der Waals surface area (Å²) in [4.78, 5) is 9.81. The number of hydrogen-bond donors (Lipinski definition) is 0. The van der Waals surface area contributed by atoms with Crippen molar-refractivity contribution in [1.82, 2.24) is 19.6 Å². The molecule has 150 valence electrons. The molecule has 4 nitrogen and oxygen atoms in total. The van der Waals surface area contributed by atoms with Gasteiger partial charge in [0.2, 0.25) is 0 Å². The lowest BCUT2D eigenvalue weighted by Gasteiger charge is -2.38. The first-order chi connectivity index (χ1) is 12.6. The molecule has 0 aromatic carbocycles. The summed E-state index contributed by atoms with van der Waals surface area (Å²) in [6.45, 7) is 11.1. The normalized spacial score (nSPS) is 20.2. The van der Waals surface area contributed by atoms with E-state index in [9.17, 15) is 0 Å². The van der Waals surface area contributed by atoms with Crippen LogP contribution in [0.25, 0.3) is 0 Å². The molecule has 8 heteroatoms. The maximum absolute atomic E-state index is 5.56. The third-order valence-corrected chi connectivity index (χ3v) is 7.98. The molecule has 0 spiro atoms. The SMILES string of the molecule is CCCCN1CSC(=S)N(CCCCN2CN(CCCC)CSC2=S)C1. The number of hydrogen-bond acceptors (Lipinski definition) is 6. The summed E-state index contributed by atoms with van der Waals surface area (Å²) in [5, 5.41) is 0. The Bertz CT molecular complexity index is 409. The van der Waals surface area contributed by atoms with Crippen molar-refractivity contribution >= 4 is 56.6 Å². The summed E-state index contributed by atoms with van der Waals surface area (Å²) in [5.74, 6) is 2.12. The fraction of sp³-hybridized carbons (Fsp3) is 0.889. The fourth-order valence-corrected chi connectivity index (χ4v) is 5.40. The molecule has 0 atom stereocenters. The average molecular weight is 435 g/mol. The van der Waals surface area contributed by atoms with E-state index in [4.69, 9.17) is 24.4 Å². The average Bonchev–Trinajstić information content (AvgIpc) is 2.65. The van der Waals surface area contributed by atoms with Crippen molar-refractivity contribution in [1.29, 1.82) is 0 Å². The second-order valence-electron chi connectivity index (χ2n) is 7.09. The Morgan fingerprint density at radius 3 is 1.50 bits per heavy atom. The van der Waals surface area contributed by atoms with Gasteiger partial charge in [-0.05, 0) is 25.7 Å². The van der Waals surface area contributed by atoms with Crippen LogP contribution >= 0.6 is 48.0 Å². The quantitative estimate of drug-likeness (QED) is 0.344. The molecular formula is C18H34N4S4. The summed E-state index contributed by atoms with van der Waals surface area (Å²) >= 11 is 14.8. The van der Waals surface area contributed by atoms with Crippen molar-refractivity contribution in [2.24, 2.45) is 0 Å². The van der Waals surface area contributed by atoms with Gasteiger partial charge in [0.25, 0.3) is 0 Å². The van der Waals surface area contributed by atoms with E-state index in [1.54, 1.807) is 0 Å². The molecule has 0 unspecified atom stereocenters. The van der Waals surface area contributed by atoms with Gasteiger partial charge in [0.1, 0.15) is 8.64 Å². The Morgan fingerprint density at radius 2 is 1.12 bits per heavy atom. The van der Waals surface area contributed by atoms with Crippen LogP contribution in [0.3, 0.4) is 0 Å². The topological polar surface area (TPSA) is 13.0 Å². The molecule has 0 radical (unpaired) electrons. The van der Waals surface area contributed by atoms with Crippen LogP contribution in [0.15, 0.2) is 0 Å². The van der Waals surface area contributed by atoms with Crippen LogP contribution in [0.1, 0.15) is 52.4 Å². The van der Waals surface area contributed by atoms with E-state index < -0.39 is 0 Å². The van der Waals surface area contributed by atoms with Gasteiger partial charge in [0, 0.05) is 26.2 Å². The fourth-order valence-electron chi connectivity index (χ4n) is 3.12. The zero-order valence-electron chi connectivity index (χ0n) is 16.3. The van der Waals surface area contributed by atoms with Gasteiger partial charge in [-0.25, -0.2) is 0 Å². The number of thioether (sulfide) groups is 2. The molecule has 0 amide bonds. The highest BCUT2D eigenvalue weighted by Crippen LogP contribution is 2.21. The molecule has 0 saturated carbocycles. The first-order valence-electron chi connectivity index (χ1n) is 9.92. The summed E-state index contributed by atoms with van der Waals surface area (Å²) in [5.41, 5.74) is 0. The van der Waals surface area contributed by atoms with Gasteiger partial charge in [-0.1, -0.05) is 74.6 Å². The van der Waals surface area contributed by atoms with Gasteiger partial charge in [-0.3, -0.25) is 9.80 Å². The predicted octanol–water partition coefficient (Wildman–Crippen LogP) is 4.47. The van der Waals surface area contributed by atoms with Crippen molar-refractivity contribution in [2.75, 3.05) is 51.3 Å². The Kier molecular flexibility index (Phi) is 11.2. The minimum Gasteiger partial charge on any atom is -0.344 e. The molecule has 2 aliphatic heterocycles. The highest BCUT2D eigenvalue weighted by Gasteiger charge is 2.22. The Morgan fingerprint density at radius 1 is 0.692 bits per heavy atom. The standard InChI is InChI=1S/C18H34N4S4/c1-3-5-9-19-13-21(17(23)25-15-19)11-7-8-12-22-14-20(10-6-4-2)16-26-18(22)24/h3-16H2,1-2H3. The van der Waals surface area contributed by atoms with E-state index in [1.807, 2.05) is 23.5 Å². The molecule has 2 aliphatic rings. The molecule has 26 heavy (non-hydrogen) atoms. The molecule has 0 N–H and O–H groups in total. The van der Waals surface area contributed by atoms with Crippen LogP contribution < -0.4 is 0 Å². The smallest absolute Gasteiger partial charge is 0.138 e. The van der Waals surface area contributed by atoms with Crippen LogP contribution in [-0.2, 0) is 0 Å². The van der Waals surface area contributed by atoms with Crippen molar-refractivity contribution in [3.8, 4) is 0 Å². The minimum atomic E-state index is 1.01. The molecular weight excluding hydrogens is 400 g/mol. The minimum absolute atomic E-state index is 1.01. The summed E-state index contributed by atoms with van der Waals surface area (Å²) in [7, 11) is 0. The van der Waals surface area contributed by atoms with E-state index in [1.165, 1.54) is 51.6 Å². The van der Waals surface area contributed by atoms with Crippen LogP contribution in [0.4, 0.5) is 0 Å². The lowest BCUT2D eigenvalue weighted by Crippen LogP contribution is -2.46. The van der Waals surface area contributed by atoms with Gasteiger partial charge in [0.15, 0.2) is 0 Å². The second-order valence-corrected chi connectivity index (χ2v) is 10.2. The zero-order chi connectivity index (χ0) is 18.8. The largest absolute Gasteiger partial charge is 0.344 e. The van der Waals surface area contributed by atoms with Gasteiger partial charge < -0.3 is 9.80 Å². The van der Waals surface area contributed by atoms with Gasteiger partial charge in [-0.2, -0.15) is 0 Å². The third-order valence-electron chi connectivity index (χ3n) is 4.76. The van der Waals surface area contributed by atoms with Crippen LogP contribution in [-0.4, -0.2) is 79.5 Å². The zero-order valence-corrected chi connectivity index (χ0v) is 19.6. The first kappa shape index (κ1) is 22.7. The number of rotatable bonds is 11. The van der Waals surface area contributed by atoms with E-state index in [2.05, 4.69) is 33.4 Å². The van der Waals surface area contributed by atoms with E-state index in [-0.39, 0.29) is 0 Å².